The second-order valence-corrected chi connectivity index (χ2v) is 9.12. The van der Waals surface area contributed by atoms with Crippen LogP contribution in [0.15, 0.2) is 34.1 Å². The molecular weight excluding hydrogens is 366 g/mol. The third kappa shape index (κ3) is 3.01. The van der Waals surface area contributed by atoms with Crippen LogP contribution in [0, 0.1) is 5.92 Å². The first kappa shape index (κ1) is 17.8. The SMILES string of the molecule is CC[C@H](C)N1C(=O)/C(=C/N2C[C@@H]3C[C@@H](C2)c2cccc(=O)n2C3)SC1=S. The van der Waals surface area contributed by atoms with Crippen molar-refractivity contribution in [2.45, 2.75) is 45.2 Å². The summed E-state index contributed by atoms with van der Waals surface area (Å²) in [6.45, 7) is 6.59. The molecule has 1 amide bonds. The number of carbonyl (C=O) groups is 1. The summed E-state index contributed by atoms with van der Waals surface area (Å²) in [6.07, 6.45) is 4.00. The van der Waals surface area contributed by atoms with E-state index < -0.39 is 0 Å². The van der Waals surface area contributed by atoms with Crippen molar-refractivity contribution in [3.63, 3.8) is 0 Å². The van der Waals surface area contributed by atoms with Crippen molar-refractivity contribution in [1.82, 2.24) is 14.4 Å². The molecule has 2 bridgehead atoms. The van der Waals surface area contributed by atoms with Crippen LogP contribution in [0.2, 0.25) is 0 Å². The number of piperidine rings is 1. The average Bonchev–Trinajstić information content (AvgIpc) is 2.89. The van der Waals surface area contributed by atoms with Gasteiger partial charge in [-0.25, -0.2) is 0 Å². The molecule has 3 aliphatic rings. The molecule has 4 heterocycles. The van der Waals surface area contributed by atoms with Crippen molar-refractivity contribution < 1.29 is 4.79 Å². The second kappa shape index (κ2) is 6.85. The van der Waals surface area contributed by atoms with Crippen molar-refractivity contribution in [3.8, 4) is 0 Å². The number of amides is 1. The third-order valence-electron chi connectivity index (χ3n) is 5.66. The van der Waals surface area contributed by atoms with Gasteiger partial charge in [0.25, 0.3) is 11.5 Å². The van der Waals surface area contributed by atoms with Gasteiger partial charge in [-0.15, -0.1) is 0 Å². The predicted molar refractivity (Wildman–Crippen MR) is 108 cm³/mol. The molecular formula is C19H23N3O2S2. The molecule has 3 aliphatic heterocycles. The molecule has 0 saturated carbocycles. The first-order valence-electron chi connectivity index (χ1n) is 9.19. The summed E-state index contributed by atoms with van der Waals surface area (Å²) in [5.41, 5.74) is 1.22. The molecule has 0 unspecified atom stereocenters. The van der Waals surface area contributed by atoms with E-state index in [4.69, 9.17) is 12.2 Å². The van der Waals surface area contributed by atoms with Crippen LogP contribution < -0.4 is 5.56 Å². The third-order valence-corrected chi connectivity index (χ3v) is 6.98. The predicted octanol–water partition coefficient (Wildman–Crippen LogP) is 2.77. The fraction of sp³-hybridized carbons (Fsp3) is 0.526. The zero-order valence-corrected chi connectivity index (χ0v) is 16.7. The Bertz CT molecular complexity index is 847. The monoisotopic (exact) mass is 389 g/mol. The summed E-state index contributed by atoms with van der Waals surface area (Å²) in [6, 6.07) is 5.69. The van der Waals surface area contributed by atoms with E-state index in [0.717, 1.165) is 43.1 Å². The number of carbonyl (C=O) groups excluding carboxylic acids is 1. The van der Waals surface area contributed by atoms with E-state index in [1.807, 2.05) is 23.8 Å². The number of thioether (sulfide) groups is 1. The summed E-state index contributed by atoms with van der Waals surface area (Å²) < 4.78 is 2.59. The molecule has 1 aromatic rings. The number of aromatic nitrogens is 1. The number of pyridine rings is 1. The highest BCUT2D eigenvalue weighted by atomic mass is 32.2. The molecule has 138 valence electrons. The van der Waals surface area contributed by atoms with Crippen molar-refractivity contribution in [3.05, 3.63) is 45.4 Å². The van der Waals surface area contributed by atoms with Gasteiger partial charge < -0.3 is 9.47 Å². The van der Waals surface area contributed by atoms with Crippen LogP contribution in [0.3, 0.4) is 0 Å². The summed E-state index contributed by atoms with van der Waals surface area (Å²) >= 11 is 6.83. The van der Waals surface area contributed by atoms with E-state index in [2.05, 4.69) is 17.9 Å². The fourth-order valence-corrected chi connectivity index (χ4v) is 5.71. The summed E-state index contributed by atoms with van der Waals surface area (Å²) in [4.78, 5) is 29.6. The Morgan fingerprint density at radius 3 is 2.88 bits per heavy atom. The highest BCUT2D eigenvalue weighted by Gasteiger charge is 2.37. The van der Waals surface area contributed by atoms with Gasteiger partial charge in [-0.3, -0.25) is 14.5 Å². The molecule has 3 atom stereocenters. The average molecular weight is 390 g/mol. The molecule has 0 aromatic carbocycles. The number of likely N-dealkylation sites (tertiary alicyclic amines) is 1. The largest absolute Gasteiger partial charge is 0.375 e. The lowest BCUT2D eigenvalue weighted by Crippen LogP contribution is -2.45. The number of nitrogens with zero attached hydrogens (tertiary/aromatic N) is 3. The van der Waals surface area contributed by atoms with E-state index in [1.54, 1.807) is 11.0 Å². The van der Waals surface area contributed by atoms with Crippen molar-refractivity contribution in [2.75, 3.05) is 13.1 Å². The summed E-state index contributed by atoms with van der Waals surface area (Å²) in [5, 5.41) is 0. The van der Waals surface area contributed by atoms with Crippen LogP contribution in [0.5, 0.6) is 0 Å². The lowest BCUT2D eigenvalue weighted by molar-refractivity contribution is -0.123. The van der Waals surface area contributed by atoms with Gasteiger partial charge >= 0.3 is 0 Å². The molecule has 2 fully saturated rings. The molecule has 26 heavy (non-hydrogen) atoms. The molecule has 7 heteroatoms. The van der Waals surface area contributed by atoms with Gasteiger partial charge in [0.2, 0.25) is 0 Å². The zero-order valence-electron chi connectivity index (χ0n) is 15.1. The van der Waals surface area contributed by atoms with Gasteiger partial charge in [-0.2, -0.15) is 0 Å². The summed E-state index contributed by atoms with van der Waals surface area (Å²) in [5.74, 6) is 0.811. The Morgan fingerprint density at radius 1 is 1.31 bits per heavy atom. The summed E-state index contributed by atoms with van der Waals surface area (Å²) in [7, 11) is 0. The Hall–Kier alpha value is -1.60. The van der Waals surface area contributed by atoms with Gasteiger partial charge in [0.05, 0.1) is 4.91 Å². The number of fused-ring (bicyclic) bond motifs is 4. The minimum absolute atomic E-state index is 0.0294. The maximum atomic E-state index is 12.8. The number of hydrogen-bond donors (Lipinski definition) is 0. The van der Waals surface area contributed by atoms with E-state index in [1.165, 1.54) is 11.8 Å². The molecule has 0 aliphatic carbocycles. The van der Waals surface area contributed by atoms with Crippen molar-refractivity contribution >= 4 is 34.2 Å². The molecule has 2 saturated heterocycles. The minimum Gasteiger partial charge on any atom is -0.375 e. The molecule has 4 rings (SSSR count). The van der Waals surface area contributed by atoms with Crippen LogP contribution in [-0.2, 0) is 11.3 Å². The van der Waals surface area contributed by atoms with E-state index in [-0.39, 0.29) is 17.5 Å². The smallest absolute Gasteiger partial charge is 0.267 e. The number of rotatable bonds is 3. The van der Waals surface area contributed by atoms with Crippen LogP contribution >= 0.6 is 24.0 Å². The van der Waals surface area contributed by atoms with Crippen LogP contribution in [0.1, 0.15) is 38.3 Å². The van der Waals surface area contributed by atoms with E-state index in [0.29, 0.717) is 16.2 Å². The first-order valence-corrected chi connectivity index (χ1v) is 10.4. The van der Waals surface area contributed by atoms with Crippen LogP contribution in [0.4, 0.5) is 0 Å². The van der Waals surface area contributed by atoms with Gasteiger partial charge in [0.15, 0.2) is 0 Å². The molecule has 0 spiro atoms. The van der Waals surface area contributed by atoms with Gasteiger partial charge in [0, 0.05) is 49.6 Å². The Balaban J connectivity index is 1.56. The Kier molecular flexibility index (Phi) is 4.69. The fourth-order valence-electron chi connectivity index (χ4n) is 4.24. The van der Waals surface area contributed by atoms with Gasteiger partial charge in [-0.05, 0) is 31.7 Å². The quantitative estimate of drug-likeness (QED) is 0.588. The lowest BCUT2D eigenvalue weighted by atomic mass is 9.83. The zero-order chi connectivity index (χ0) is 18.4. The standard InChI is InChI=1S/C19H23N3O2S2/c1-3-12(2)22-18(24)16(26-19(22)25)11-20-8-13-7-14(10-20)15-5-4-6-17(23)21(15)9-13/h4-6,11-14H,3,7-10H2,1-2H3/b16-11-/t12-,13-,14-/m0/s1. The van der Waals surface area contributed by atoms with Crippen LogP contribution in [-0.4, -0.2) is 43.7 Å². The molecule has 5 nitrogen and oxygen atoms in total. The first-order chi connectivity index (χ1) is 12.5. The Labute approximate surface area is 163 Å². The topological polar surface area (TPSA) is 45.6 Å². The maximum Gasteiger partial charge on any atom is 0.267 e. The van der Waals surface area contributed by atoms with E-state index >= 15 is 0 Å². The van der Waals surface area contributed by atoms with Gasteiger partial charge in [0.1, 0.15) is 4.32 Å². The van der Waals surface area contributed by atoms with Crippen molar-refractivity contribution in [2.24, 2.45) is 5.92 Å². The van der Waals surface area contributed by atoms with Crippen LogP contribution in [0.25, 0.3) is 0 Å². The Morgan fingerprint density at radius 2 is 2.12 bits per heavy atom. The lowest BCUT2D eigenvalue weighted by Gasteiger charge is -2.42. The normalized spacial score (nSPS) is 27.8. The molecule has 1 aromatic heterocycles. The maximum absolute atomic E-state index is 12.8. The number of hydrogen-bond acceptors (Lipinski definition) is 5. The van der Waals surface area contributed by atoms with E-state index in [9.17, 15) is 9.59 Å². The molecule has 0 radical (unpaired) electrons. The number of thiocarbonyl (C=S) groups is 1. The molecule has 0 N–H and O–H groups in total. The minimum atomic E-state index is 0.0294. The highest BCUT2D eigenvalue weighted by Crippen LogP contribution is 2.37. The van der Waals surface area contributed by atoms with Crippen molar-refractivity contribution in [1.29, 1.82) is 0 Å². The second-order valence-electron chi connectivity index (χ2n) is 7.45. The highest BCUT2D eigenvalue weighted by molar-refractivity contribution is 8.26. The van der Waals surface area contributed by atoms with Gasteiger partial charge in [-0.1, -0.05) is 37.0 Å².